The second-order valence-corrected chi connectivity index (χ2v) is 4.53. The van der Waals surface area contributed by atoms with Crippen LogP contribution in [0.4, 0.5) is 0 Å². The number of ether oxygens (including phenoxy) is 1. The van der Waals surface area contributed by atoms with E-state index in [-0.39, 0.29) is 12.3 Å². The lowest BCUT2D eigenvalue weighted by Crippen LogP contribution is -2.19. The second kappa shape index (κ2) is 5.82. The van der Waals surface area contributed by atoms with E-state index in [1.807, 2.05) is 12.1 Å². The maximum absolute atomic E-state index is 11.3. The first kappa shape index (κ1) is 12.1. The lowest BCUT2D eigenvalue weighted by molar-refractivity contribution is 0.100. The predicted molar refractivity (Wildman–Crippen MR) is 67.3 cm³/mol. The van der Waals surface area contributed by atoms with Crippen molar-refractivity contribution in [3.63, 3.8) is 0 Å². The molecular formula is C14H19NO2. The summed E-state index contributed by atoms with van der Waals surface area (Å²) in [5.41, 5.74) is 5.97. The van der Waals surface area contributed by atoms with E-state index in [1.165, 1.54) is 19.3 Å². The van der Waals surface area contributed by atoms with Gasteiger partial charge in [-0.1, -0.05) is 6.42 Å². The lowest BCUT2D eigenvalue weighted by Gasteiger charge is -2.23. The van der Waals surface area contributed by atoms with Crippen LogP contribution in [0.5, 0.6) is 5.75 Å². The Kier molecular flexibility index (Phi) is 4.15. The molecule has 0 aliphatic heterocycles. The molecular weight excluding hydrogens is 214 g/mol. The van der Waals surface area contributed by atoms with E-state index in [0.29, 0.717) is 11.7 Å². The van der Waals surface area contributed by atoms with Gasteiger partial charge in [-0.15, -0.1) is 0 Å². The van der Waals surface area contributed by atoms with Crippen molar-refractivity contribution in [2.24, 2.45) is 5.73 Å². The minimum absolute atomic E-state index is 0.0331. The van der Waals surface area contributed by atoms with Crippen molar-refractivity contribution in [3.05, 3.63) is 29.8 Å². The van der Waals surface area contributed by atoms with Gasteiger partial charge in [0.25, 0.3) is 0 Å². The molecule has 1 aliphatic carbocycles. The maximum atomic E-state index is 11.3. The van der Waals surface area contributed by atoms with Crippen molar-refractivity contribution in [3.8, 4) is 5.75 Å². The number of nitrogens with two attached hydrogens (primary N) is 1. The Hall–Kier alpha value is -1.35. The number of benzene rings is 1. The highest BCUT2D eigenvalue weighted by atomic mass is 16.5. The van der Waals surface area contributed by atoms with Crippen LogP contribution in [-0.4, -0.2) is 18.4 Å². The van der Waals surface area contributed by atoms with Gasteiger partial charge >= 0.3 is 0 Å². The Morgan fingerprint density at radius 3 is 2.41 bits per heavy atom. The SMILES string of the molecule is NCC(=O)c1ccc(OC2CCCCC2)cc1. The van der Waals surface area contributed by atoms with Gasteiger partial charge in [0, 0.05) is 5.56 Å². The zero-order valence-electron chi connectivity index (χ0n) is 10.0. The number of carbonyl (C=O) groups excluding carboxylic acids is 1. The molecule has 2 N–H and O–H groups in total. The third-order valence-electron chi connectivity index (χ3n) is 3.22. The fourth-order valence-electron chi connectivity index (χ4n) is 2.21. The van der Waals surface area contributed by atoms with E-state index in [1.54, 1.807) is 12.1 Å². The average molecular weight is 233 g/mol. The van der Waals surface area contributed by atoms with Crippen LogP contribution in [-0.2, 0) is 0 Å². The molecule has 0 saturated heterocycles. The summed E-state index contributed by atoms with van der Waals surface area (Å²) in [5, 5.41) is 0. The molecule has 0 amide bonds. The van der Waals surface area contributed by atoms with Crippen molar-refractivity contribution >= 4 is 5.78 Å². The first-order valence-corrected chi connectivity index (χ1v) is 6.29. The highest BCUT2D eigenvalue weighted by Gasteiger charge is 2.14. The van der Waals surface area contributed by atoms with Crippen molar-refractivity contribution in [1.29, 1.82) is 0 Å². The Labute approximate surface area is 102 Å². The first-order chi connectivity index (χ1) is 8.29. The van der Waals surface area contributed by atoms with Crippen LogP contribution in [0.2, 0.25) is 0 Å². The first-order valence-electron chi connectivity index (χ1n) is 6.29. The van der Waals surface area contributed by atoms with E-state index in [0.717, 1.165) is 18.6 Å². The number of carbonyl (C=O) groups is 1. The lowest BCUT2D eigenvalue weighted by atomic mass is 9.98. The van der Waals surface area contributed by atoms with Crippen molar-refractivity contribution in [2.75, 3.05) is 6.54 Å². The molecule has 0 radical (unpaired) electrons. The Balaban J connectivity index is 1.95. The van der Waals surface area contributed by atoms with Crippen LogP contribution in [0.15, 0.2) is 24.3 Å². The van der Waals surface area contributed by atoms with E-state index in [4.69, 9.17) is 10.5 Å². The minimum atomic E-state index is -0.0331. The maximum Gasteiger partial charge on any atom is 0.176 e. The number of hydrogen-bond acceptors (Lipinski definition) is 3. The highest BCUT2D eigenvalue weighted by Crippen LogP contribution is 2.23. The van der Waals surface area contributed by atoms with Crippen LogP contribution in [0.3, 0.4) is 0 Å². The van der Waals surface area contributed by atoms with E-state index < -0.39 is 0 Å². The molecule has 0 unspecified atom stereocenters. The number of Topliss-reactive ketones (excluding diaryl/α,β-unsaturated/α-hetero) is 1. The molecule has 0 heterocycles. The van der Waals surface area contributed by atoms with Gasteiger partial charge in [-0.25, -0.2) is 0 Å². The van der Waals surface area contributed by atoms with Crippen LogP contribution < -0.4 is 10.5 Å². The molecule has 2 rings (SSSR count). The van der Waals surface area contributed by atoms with Crippen LogP contribution in [0.25, 0.3) is 0 Å². The molecule has 1 saturated carbocycles. The fraction of sp³-hybridized carbons (Fsp3) is 0.500. The molecule has 0 atom stereocenters. The third-order valence-corrected chi connectivity index (χ3v) is 3.22. The summed E-state index contributed by atoms with van der Waals surface area (Å²) in [5.74, 6) is 0.819. The van der Waals surface area contributed by atoms with Gasteiger partial charge in [0.1, 0.15) is 5.75 Å². The number of rotatable bonds is 4. The highest BCUT2D eigenvalue weighted by molar-refractivity contribution is 5.97. The van der Waals surface area contributed by atoms with Crippen molar-refractivity contribution in [2.45, 2.75) is 38.2 Å². The van der Waals surface area contributed by atoms with Crippen LogP contribution >= 0.6 is 0 Å². The summed E-state index contributed by atoms with van der Waals surface area (Å²) >= 11 is 0. The van der Waals surface area contributed by atoms with Gasteiger partial charge in [0.15, 0.2) is 5.78 Å². The van der Waals surface area contributed by atoms with Gasteiger partial charge in [-0.3, -0.25) is 4.79 Å². The van der Waals surface area contributed by atoms with E-state index >= 15 is 0 Å². The molecule has 1 aromatic carbocycles. The Morgan fingerprint density at radius 2 is 1.82 bits per heavy atom. The molecule has 92 valence electrons. The smallest absolute Gasteiger partial charge is 0.176 e. The third kappa shape index (κ3) is 3.30. The summed E-state index contributed by atoms with van der Waals surface area (Å²) in [7, 11) is 0. The zero-order chi connectivity index (χ0) is 12.1. The minimum Gasteiger partial charge on any atom is -0.490 e. The van der Waals surface area contributed by atoms with Crippen LogP contribution in [0, 0.1) is 0 Å². The Morgan fingerprint density at radius 1 is 1.18 bits per heavy atom. The van der Waals surface area contributed by atoms with E-state index in [2.05, 4.69) is 0 Å². The van der Waals surface area contributed by atoms with Crippen LogP contribution in [0.1, 0.15) is 42.5 Å². The van der Waals surface area contributed by atoms with Crippen molar-refractivity contribution in [1.82, 2.24) is 0 Å². The number of ketones is 1. The summed E-state index contributed by atoms with van der Waals surface area (Å²) < 4.78 is 5.88. The molecule has 1 fully saturated rings. The molecule has 0 spiro atoms. The van der Waals surface area contributed by atoms with Gasteiger partial charge in [0.05, 0.1) is 12.6 Å². The average Bonchev–Trinajstić information content (AvgIpc) is 2.40. The zero-order valence-corrected chi connectivity index (χ0v) is 10.0. The molecule has 3 heteroatoms. The fourth-order valence-corrected chi connectivity index (χ4v) is 2.21. The largest absolute Gasteiger partial charge is 0.490 e. The molecule has 0 bridgehead atoms. The van der Waals surface area contributed by atoms with Gasteiger partial charge in [-0.05, 0) is 49.9 Å². The number of hydrogen-bond donors (Lipinski definition) is 1. The quantitative estimate of drug-likeness (QED) is 0.813. The standard InChI is InChI=1S/C14H19NO2/c15-10-14(16)11-6-8-13(9-7-11)17-12-4-2-1-3-5-12/h6-9,12H,1-5,10,15H2. The molecule has 3 nitrogen and oxygen atoms in total. The molecule has 1 aliphatic rings. The summed E-state index contributed by atoms with van der Waals surface area (Å²) in [4.78, 5) is 11.3. The van der Waals surface area contributed by atoms with Gasteiger partial charge in [-0.2, -0.15) is 0 Å². The van der Waals surface area contributed by atoms with Gasteiger partial charge < -0.3 is 10.5 Å². The molecule has 17 heavy (non-hydrogen) atoms. The summed E-state index contributed by atoms with van der Waals surface area (Å²) in [6.07, 6.45) is 6.47. The second-order valence-electron chi connectivity index (χ2n) is 4.53. The predicted octanol–water partition coefficient (Wildman–Crippen LogP) is 2.54. The summed E-state index contributed by atoms with van der Waals surface area (Å²) in [6.45, 7) is 0.0584. The normalized spacial score (nSPS) is 16.8. The molecule has 1 aromatic rings. The summed E-state index contributed by atoms with van der Waals surface area (Å²) in [6, 6.07) is 7.29. The Bertz CT molecular complexity index is 366. The monoisotopic (exact) mass is 233 g/mol. The molecule has 0 aromatic heterocycles. The van der Waals surface area contributed by atoms with E-state index in [9.17, 15) is 4.79 Å². The van der Waals surface area contributed by atoms with Crippen molar-refractivity contribution < 1.29 is 9.53 Å². The topological polar surface area (TPSA) is 52.3 Å². The van der Waals surface area contributed by atoms with Gasteiger partial charge in [0.2, 0.25) is 0 Å².